The maximum Gasteiger partial charge on any atom is 0.326 e. The predicted molar refractivity (Wildman–Crippen MR) is 142 cm³/mol. The molecule has 0 radical (unpaired) electrons. The molecule has 2 aromatic carbocycles. The summed E-state index contributed by atoms with van der Waals surface area (Å²) < 4.78 is 7.28. The topological polar surface area (TPSA) is 84.7 Å². The van der Waals surface area contributed by atoms with E-state index in [0.29, 0.717) is 23.4 Å². The van der Waals surface area contributed by atoms with E-state index in [2.05, 4.69) is 0 Å². The molecule has 1 N–H and O–H groups in total. The molecule has 35 heavy (non-hydrogen) atoms. The van der Waals surface area contributed by atoms with Crippen molar-refractivity contribution in [3.8, 4) is 22.7 Å². The number of unbranched alkanes of at least 4 members (excludes halogenated alkanes) is 1. The lowest BCUT2D eigenvalue weighted by atomic mass is 10.1. The van der Waals surface area contributed by atoms with Crippen LogP contribution in [-0.4, -0.2) is 49.1 Å². The molecule has 7 nitrogen and oxygen atoms in total. The number of hydrogen-bond donors (Lipinski definition) is 1. The quantitative estimate of drug-likeness (QED) is 0.307. The van der Waals surface area contributed by atoms with Crippen LogP contribution in [0.2, 0.25) is 0 Å². The summed E-state index contributed by atoms with van der Waals surface area (Å²) in [4.78, 5) is 26.8. The van der Waals surface area contributed by atoms with Gasteiger partial charge in [0.2, 0.25) is 0 Å². The highest BCUT2D eigenvalue weighted by Crippen LogP contribution is 2.37. The highest BCUT2D eigenvalue weighted by Gasteiger charge is 2.40. The molecule has 1 aliphatic rings. The first-order chi connectivity index (χ1) is 16.9. The zero-order chi connectivity index (χ0) is 24.9. The van der Waals surface area contributed by atoms with E-state index in [9.17, 15) is 14.7 Å². The average Bonchev–Trinajstić information content (AvgIpc) is 3.41. The molecule has 3 aromatic rings. The Morgan fingerprint density at radius 2 is 1.91 bits per heavy atom. The molecule has 1 aromatic heterocycles. The van der Waals surface area contributed by atoms with Crippen molar-refractivity contribution in [2.75, 3.05) is 7.11 Å². The van der Waals surface area contributed by atoms with Gasteiger partial charge in [-0.25, -0.2) is 9.48 Å². The summed E-state index contributed by atoms with van der Waals surface area (Å²) >= 11 is 6.54. The first-order valence-electron chi connectivity index (χ1n) is 11.2. The third kappa shape index (κ3) is 5.31. The lowest BCUT2D eigenvalue weighted by Crippen LogP contribution is -2.43. The van der Waals surface area contributed by atoms with Crippen molar-refractivity contribution in [3.05, 3.63) is 71.3 Å². The van der Waals surface area contributed by atoms with Crippen LogP contribution >= 0.6 is 24.0 Å². The zero-order valence-corrected chi connectivity index (χ0v) is 21.0. The molecular formula is C26H25N3O4S2. The molecule has 1 fully saturated rings. The summed E-state index contributed by atoms with van der Waals surface area (Å²) in [6.45, 7) is 1.98. The Labute approximate surface area is 213 Å². The fourth-order valence-electron chi connectivity index (χ4n) is 3.83. The van der Waals surface area contributed by atoms with Crippen molar-refractivity contribution in [1.29, 1.82) is 0 Å². The Morgan fingerprint density at radius 1 is 1.20 bits per heavy atom. The summed E-state index contributed by atoms with van der Waals surface area (Å²) in [6.07, 6.45) is 5.47. The Hall–Kier alpha value is -3.43. The van der Waals surface area contributed by atoms with E-state index in [-0.39, 0.29) is 4.32 Å². The van der Waals surface area contributed by atoms with Gasteiger partial charge in [0.25, 0.3) is 5.91 Å². The third-order valence-corrected chi connectivity index (χ3v) is 7.00. The summed E-state index contributed by atoms with van der Waals surface area (Å²) in [6, 6.07) is 16.2. The largest absolute Gasteiger partial charge is 0.497 e. The van der Waals surface area contributed by atoms with E-state index < -0.39 is 17.9 Å². The highest BCUT2D eigenvalue weighted by atomic mass is 32.2. The highest BCUT2D eigenvalue weighted by molar-refractivity contribution is 8.26. The van der Waals surface area contributed by atoms with Gasteiger partial charge in [-0.3, -0.25) is 9.69 Å². The number of carboxylic acid groups (broad SMARTS) is 1. The van der Waals surface area contributed by atoms with Crippen molar-refractivity contribution < 1.29 is 19.4 Å². The fraction of sp³-hybridized carbons (Fsp3) is 0.231. The smallest absolute Gasteiger partial charge is 0.326 e. The molecule has 0 spiro atoms. The number of thioether (sulfide) groups is 1. The first-order valence-corrected chi connectivity index (χ1v) is 12.4. The van der Waals surface area contributed by atoms with E-state index >= 15 is 0 Å². The number of aliphatic carboxylic acids is 1. The normalized spacial score (nSPS) is 15.6. The predicted octanol–water partition coefficient (Wildman–Crippen LogP) is 5.39. The number of aromatic nitrogens is 2. The Kier molecular flexibility index (Phi) is 7.67. The monoisotopic (exact) mass is 507 g/mol. The standard InChI is InChI=1S/C26H25N3O4S2/c1-3-4-10-21(25(31)32)29-24(30)22(35-26(29)34)15-18-16-28(19-8-6-5-7-9-19)27-23(18)17-11-13-20(33-2)14-12-17/h5-9,11-16,21H,3-4,10H2,1-2H3,(H,31,32)/b22-15-. The molecule has 1 unspecified atom stereocenters. The summed E-state index contributed by atoms with van der Waals surface area (Å²) in [7, 11) is 1.61. The number of rotatable bonds is 9. The molecule has 4 rings (SSSR count). The molecule has 9 heteroatoms. The van der Waals surface area contributed by atoms with Gasteiger partial charge in [-0.05, 0) is 48.9 Å². The zero-order valence-electron chi connectivity index (χ0n) is 19.4. The van der Waals surface area contributed by atoms with E-state index in [4.69, 9.17) is 22.1 Å². The van der Waals surface area contributed by atoms with Crippen LogP contribution in [0.15, 0.2) is 65.7 Å². The van der Waals surface area contributed by atoms with Crippen molar-refractivity contribution in [2.45, 2.75) is 32.2 Å². The van der Waals surface area contributed by atoms with Gasteiger partial charge in [0.05, 0.1) is 23.4 Å². The lowest BCUT2D eigenvalue weighted by molar-refractivity contribution is -0.145. The number of carbonyl (C=O) groups excluding carboxylic acids is 1. The third-order valence-electron chi connectivity index (χ3n) is 5.66. The van der Waals surface area contributed by atoms with Gasteiger partial charge in [0.15, 0.2) is 0 Å². The molecule has 1 saturated heterocycles. The number of hydrogen-bond acceptors (Lipinski definition) is 6. The second-order valence-electron chi connectivity index (χ2n) is 7.99. The Morgan fingerprint density at radius 3 is 2.54 bits per heavy atom. The van der Waals surface area contributed by atoms with Crippen molar-refractivity contribution >= 4 is 46.3 Å². The Bertz CT molecular complexity index is 1270. The number of carbonyl (C=O) groups is 2. The molecule has 0 bridgehead atoms. The van der Waals surface area contributed by atoms with Crippen LogP contribution in [0.3, 0.4) is 0 Å². The minimum absolute atomic E-state index is 0.256. The van der Waals surface area contributed by atoms with Crippen LogP contribution in [0.4, 0.5) is 0 Å². The van der Waals surface area contributed by atoms with Gasteiger partial charge in [-0.15, -0.1) is 0 Å². The molecule has 1 atom stereocenters. The number of methoxy groups -OCH3 is 1. The number of benzene rings is 2. The van der Waals surface area contributed by atoms with Gasteiger partial charge in [0.1, 0.15) is 16.1 Å². The molecule has 1 aliphatic heterocycles. The van der Waals surface area contributed by atoms with Crippen LogP contribution in [-0.2, 0) is 9.59 Å². The van der Waals surface area contributed by atoms with Gasteiger partial charge in [-0.2, -0.15) is 5.10 Å². The van der Waals surface area contributed by atoms with Crippen molar-refractivity contribution in [1.82, 2.24) is 14.7 Å². The number of thiocarbonyl (C=S) groups is 1. The molecule has 2 heterocycles. The van der Waals surface area contributed by atoms with Crippen LogP contribution < -0.4 is 4.74 Å². The van der Waals surface area contributed by atoms with Crippen LogP contribution in [0, 0.1) is 0 Å². The maximum atomic E-state index is 13.3. The average molecular weight is 508 g/mol. The van der Waals surface area contributed by atoms with E-state index in [1.165, 1.54) is 4.90 Å². The summed E-state index contributed by atoms with van der Waals surface area (Å²) in [5.74, 6) is -0.714. The van der Waals surface area contributed by atoms with Gasteiger partial charge < -0.3 is 9.84 Å². The van der Waals surface area contributed by atoms with Crippen molar-refractivity contribution in [2.24, 2.45) is 0 Å². The van der Waals surface area contributed by atoms with Gasteiger partial charge in [0, 0.05) is 17.3 Å². The van der Waals surface area contributed by atoms with E-state index in [1.807, 2.05) is 67.7 Å². The van der Waals surface area contributed by atoms with E-state index in [0.717, 1.165) is 40.7 Å². The fourth-order valence-corrected chi connectivity index (χ4v) is 5.18. The second kappa shape index (κ2) is 10.9. The number of para-hydroxylation sites is 1. The Balaban J connectivity index is 1.75. The minimum Gasteiger partial charge on any atom is -0.497 e. The minimum atomic E-state index is -1.05. The van der Waals surface area contributed by atoms with E-state index in [1.54, 1.807) is 17.9 Å². The first kappa shape index (κ1) is 24.7. The molecule has 0 aliphatic carbocycles. The van der Waals surface area contributed by atoms with Crippen LogP contribution in [0.5, 0.6) is 5.75 Å². The summed E-state index contributed by atoms with van der Waals surface area (Å²) in [5, 5.41) is 14.5. The molecule has 0 saturated carbocycles. The second-order valence-corrected chi connectivity index (χ2v) is 9.67. The van der Waals surface area contributed by atoms with Crippen LogP contribution in [0.25, 0.3) is 23.0 Å². The van der Waals surface area contributed by atoms with Crippen molar-refractivity contribution in [3.63, 3.8) is 0 Å². The lowest BCUT2D eigenvalue weighted by Gasteiger charge is -2.22. The SMILES string of the molecule is CCCCC(C(=O)O)N1C(=O)/C(=C/c2cn(-c3ccccc3)nc2-c2ccc(OC)cc2)SC1=S. The number of amides is 1. The molecule has 180 valence electrons. The number of ether oxygens (including phenoxy) is 1. The number of carboxylic acids is 1. The van der Waals surface area contributed by atoms with Gasteiger partial charge in [-0.1, -0.05) is 61.9 Å². The van der Waals surface area contributed by atoms with Gasteiger partial charge >= 0.3 is 5.97 Å². The molecular weight excluding hydrogens is 482 g/mol. The van der Waals surface area contributed by atoms with Crippen LogP contribution in [0.1, 0.15) is 31.7 Å². The summed E-state index contributed by atoms with van der Waals surface area (Å²) in [5.41, 5.74) is 3.14. The maximum absolute atomic E-state index is 13.3. The molecule has 1 amide bonds. The number of nitrogens with zero attached hydrogens (tertiary/aromatic N) is 3.